The topological polar surface area (TPSA) is 79.3 Å². The Balaban J connectivity index is 2.36. The van der Waals surface area contributed by atoms with Crippen LogP contribution in [0, 0.1) is 17.2 Å². The molecule has 0 aliphatic rings. The number of hydrogen-bond donors (Lipinski definition) is 1. The minimum Gasteiger partial charge on any atom is -0.494 e. The first-order chi connectivity index (χ1) is 10.0. The summed E-state index contributed by atoms with van der Waals surface area (Å²) < 4.78 is 5.61. The van der Waals surface area contributed by atoms with E-state index in [0.29, 0.717) is 23.8 Å². The van der Waals surface area contributed by atoms with Gasteiger partial charge in [-0.15, -0.1) is 0 Å². The van der Waals surface area contributed by atoms with Gasteiger partial charge in [0.05, 0.1) is 24.8 Å². The van der Waals surface area contributed by atoms with Crippen LogP contribution >= 0.6 is 0 Å². The smallest absolute Gasteiger partial charge is 0.231 e. The maximum atomic E-state index is 11.0. The number of benzene rings is 1. The fourth-order valence-electron chi connectivity index (χ4n) is 2.11. The summed E-state index contributed by atoms with van der Waals surface area (Å²) in [7, 11) is 0. The van der Waals surface area contributed by atoms with E-state index < -0.39 is 0 Å². The molecule has 0 aliphatic carbocycles. The number of nitriles is 1. The van der Waals surface area contributed by atoms with Crippen molar-refractivity contribution in [2.75, 3.05) is 26.2 Å². The van der Waals surface area contributed by atoms with Crippen LogP contribution in [0.25, 0.3) is 0 Å². The summed E-state index contributed by atoms with van der Waals surface area (Å²) in [5.41, 5.74) is 5.84. The van der Waals surface area contributed by atoms with Gasteiger partial charge in [-0.1, -0.05) is 19.9 Å². The Bertz CT molecular complexity index is 495. The summed E-state index contributed by atoms with van der Waals surface area (Å²) in [4.78, 5) is 13.1. The first-order valence-electron chi connectivity index (χ1n) is 7.15. The Kier molecular flexibility index (Phi) is 7.27. The largest absolute Gasteiger partial charge is 0.494 e. The highest BCUT2D eigenvalue weighted by atomic mass is 16.5. The molecule has 1 aromatic rings. The average molecular weight is 289 g/mol. The molecule has 5 heteroatoms. The van der Waals surface area contributed by atoms with Crippen LogP contribution in [0.1, 0.15) is 25.8 Å². The number of nitrogens with two attached hydrogens (primary N) is 1. The van der Waals surface area contributed by atoms with Crippen molar-refractivity contribution in [3.63, 3.8) is 0 Å². The zero-order valence-electron chi connectivity index (χ0n) is 12.7. The van der Waals surface area contributed by atoms with Crippen molar-refractivity contribution >= 4 is 5.91 Å². The fourth-order valence-corrected chi connectivity index (χ4v) is 2.11. The minimum atomic E-state index is -0.307. The molecule has 0 spiro atoms. The van der Waals surface area contributed by atoms with Crippen molar-refractivity contribution in [2.45, 2.75) is 20.3 Å². The van der Waals surface area contributed by atoms with Crippen molar-refractivity contribution in [1.29, 1.82) is 5.26 Å². The molecular formula is C16H23N3O2. The second kappa shape index (κ2) is 8.98. The summed E-state index contributed by atoms with van der Waals surface area (Å²) in [5, 5.41) is 8.82. The van der Waals surface area contributed by atoms with Gasteiger partial charge >= 0.3 is 0 Å². The molecule has 1 amide bonds. The van der Waals surface area contributed by atoms with Crippen LogP contribution in [-0.4, -0.2) is 37.0 Å². The van der Waals surface area contributed by atoms with E-state index in [1.165, 1.54) is 0 Å². The van der Waals surface area contributed by atoms with Crippen LogP contribution < -0.4 is 10.5 Å². The maximum Gasteiger partial charge on any atom is 0.231 e. The number of carbonyl (C=O) groups excluding carboxylic acids is 1. The molecule has 0 saturated carbocycles. The number of ether oxygens (including phenoxy) is 1. The molecule has 0 aromatic heterocycles. The molecule has 2 N–H and O–H groups in total. The molecule has 0 aliphatic heterocycles. The summed E-state index contributed by atoms with van der Waals surface area (Å²) in [6.45, 7) is 6.64. The quantitative estimate of drug-likeness (QED) is 0.703. The van der Waals surface area contributed by atoms with Gasteiger partial charge in [0, 0.05) is 13.1 Å². The van der Waals surface area contributed by atoms with Gasteiger partial charge in [-0.3, -0.25) is 9.69 Å². The van der Waals surface area contributed by atoms with Crippen LogP contribution in [-0.2, 0) is 4.79 Å². The molecule has 1 aromatic carbocycles. The van der Waals surface area contributed by atoms with Crippen molar-refractivity contribution in [2.24, 2.45) is 11.7 Å². The predicted molar refractivity (Wildman–Crippen MR) is 81.7 cm³/mol. The van der Waals surface area contributed by atoms with Crippen molar-refractivity contribution in [1.82, 2.24) is 4.90 Å². The van der Waals surface area contributed by atoms with Gasteiger partial charge in [0.1, 0.15) is 5.75 Å². The molecular weight excluding hydrogens is 266 g/mol. The molecule has 114 valence electrons. The van der Waals surface area contributed by atoms with E-state index in [1.54, 1.807) is 18.2 Å². The van der Waals surface area contributed by atoms with Crippen LogP contribution in [0.4, 0.5) is 0 Å². The fraction of sp³-hybridized carbons (Fsp3) is 0.500. The molecule has 5 nitrogen and oxygen atoms in total. The molecule has 0 unspecified atom stereocenters. The number of hydrogen-bond acceptors (Lipinski definition) is 4. The van der Waals surface area contributed by atoms with Crippen molar-refractivity contribution < 1.29 is 9.53 Å². The molecule has 0 heterocycles. The van der Waals surface area contributed by atoms with Gasteiger partial charge < -0.3 is 10.5 Å². The van der Waals surface area contributed by atoms with Gasteiger partial charge in [-0.25, -0.2) is 0 Å². The SMILES string of the molecule is CC(C)CN(CCCOc1cccc(C#N)c1)CC(N)=O. The van der Waals surface area contributed by atoms with E-state index in [0.717, 1.165) is 19.5 Å². The van der Waals surface area contributed by atoms with E-state index in [2.05, 4.69) is 19.9 Å². The van der Waals surface area contributed by atoms with Crippen LogP contribution in [0.15, 0.2) is 24.3 Å². The number of nitrogens with zero attached hydrogens (tertiary/aromatic N) is 2. The number of primary amides is 1. The molecule has 0 saturated heterocycles. The van der Waals surface area contributed by atoms with Crippen LogP contribution in [0.2, 0.25) is 0 Å². The lowest BCUT2D eigenvalue weighted by atomic mass is 10.2. The third-order valence-electron chi connectivity index (χ3n) is 2.85. The first-order valence-corrected chi connectivity index (χ1v) is 7.15. The summed E-state index contributed by atoms with van der Waals surface area (Å²) in [6, 6.07) is 9.16. The Morgan fingerprint density at radius 3 is 2.86 bits per heavy atom. The maximum absolute atomic E-state index is 11.0. The average Bonchev–Trinajstić information content (AvgIpc) is 2.42. The zero-order chi connectivity index (χ0) is 15.7. The van der Waals surface area contributed by atoms with E-state index >= 15 is 0 Å². The molecule has 0 atom stereocenters. The zero-order valence-corrected chi connectivity index (χ0v) is 12.7. The molecule has 0 radical (unpaired) electrons. The molecule has 0 fully saturated rings. The monoisotopic (exact) mass is 289 g/mol. The molecule has 21 heavy (non-hydrogen) atoms. The lowest BCUT2D eigenvalue weighted by molar-refractivity contribution is -0.119. The van der Waals surface area contributed by atoms with E-state index in [1.807, 2.05) is 11.0 Å². The third-order valence-corrected chi connectivity index (χ3v) is 2.85. The summed E-state index contributed by atoms with van der Waals surface area (Å²) >= 11 is 0. The van der Waals surface area contributed by atoms with E-state index in [4.69, 9.17) is 15.7 Å². The van der Waals surface area contributed by atoms with Gasteiger partial charge in [0.2, 0.25) is 5.91 Å². The van der Waals surface area contributed by atoms with Gasteiger partial charge in [-0.05, 0) is 30.5 Å². The normalized spacial score (nSPS) is 10.6. The minimum absolute atomic E-state index is 0.280. The Morgan fingerprint density at radius 2 is 2.24 bits per heavy atom. The lowest BCUT2D eigenvalue weighted by Gasteiger charge is -2.22. The predicted octanol–water partition coefficient (Wildman–Crippen LogP) is 1.77. The van der Waals surface area contributed by atoms with Gasteiger partial charge in [-0.2, -0.15) is 5.26 Å². The van der Waals surface area contributed by atoms with E-state index in [-0.39, 0.29) is 12.5 Å². The van der Waals surface area contributed by atoms with Crippen LogP contribution in [0.5, 0.6) is 5.75 Å². The summed E-state index contributed by atoms with van der Waals surface area (Å²) in [6.07, 6.45) is 0.802. The standard InChI is InChI=1S/C16H23N3O2/c1-13(2)11-19(12-16(18)20)7-4-8-21-15-6-3-5-14(9-15)10-17/h3,5-6,9,13H,4,7-8,11-12H2,1-2H3,(H2,18,20). The van der Waals surface area contributed by atoms with Crippen LogP contribution in [0.3, 0.4) is 0 Å². The second-order valence-electron chi connectivity index (χ2n) is 5.44. The molecule has 1 rings (SSSR count). The first kappa shape index (κ1) is 17.0. The van der Waals surface area contributed by atoms with Crippen molar-refractivity contribution in [3.05, 3.63) is 29.8 Å². The van der Waals surface area contributed by atoms with Crippen molar-refractivity contribution in [3.8, 4) is 11.8 Å². The second-order valence-corrected chi connectivity index (χ2v) is 5.44. The van der Waals surface area contributed by atoms with Gasteiger partial charge in [0.15, 0.2) is 0 Å². The number of carbonyl (C=O) groups is 1. The Hall–Kier alpha value is -2.06. The Labute approximate surface area is 126 Å². The lowest BCUT2D eigenvalue weighted by Crippen LogP contribution is -2.37. The molecule has 0 bridgehead atoms. The highest BCUT2D eigenvalue weighted by molar-refractivity contribution is 5.75. The highest BCUT2D eigenvalue weighted by Gasteiger charge is 2.10. The number of amides is 1. The summed E-state index contributed by atoms with van der Waals surface area (Å²) in [5.74, 6) is 0.871. The third kappa shape index (κ3) is 7.33. The Morgan fingerprint density at radius 1 is 1.48 bits per heavy atom. The number of rotatable bonds is 9. The highest BCUT2D eigenvalue weighted by Crippen LogP contribution is 2.12. The van der Waals surface area contributed by atoms with E-state index in [9.17, 15) is 4.79 Å². The van der Waals surface area contributed by atoms with Gasteiger partial charge in [0.25, 0.3) is 0 Å².